The van der Waals surface area contributed by atoms with Crippen LogP contribution in [0.25, 0.3) is 34.4 Å². The molecule has 0 nitrogen and oxygen atoms in total. The first-order valence-corrected chi connectivity index (χ1v) is 26.1. The molecule has 59 heavy (non-hydrogen) atoms. The summed E-state index contributed by atoms with van der Waals surface area (Å²) in [5.41, 5.74) is 21.4. The standard InChI is InChI=1S/2C27H35.C2H4.2ClH.Ti/c2*1-25(2,3)20-14-19(15-21(16-20)26(4,5)6)23-12-10-11-18-13-22(17-24(18)23)27(7,8)9;1-2;;;/h2*10-17H,1-9H3;1-2H2;2*1H;/q;;;;;+2/p-2. The van der Waals surface area contributed by atoms with Gasteiger partial charge in [-0.25, -0.2) is 0 Å². The maximum Gasteiger partial charge on any atom is -1.00 e. The van der Waals surface area contributed by atoms with E-state index in [9.17, 15) is 0 Å². The van der Waals surface area contributed by atoms with Crippen molar-refractivity contribution in [3.05, 3.63) is 128 Å². The largest absolute Gasteiger partial charge is 1.00 e. The van der Waals surface area contributed by atoms with Gasteiger partial charge in [0.05, 0.1) is 0 Å². The molecule has 4 aromatic rings. The monoisotopic (exact) mass is 864 g/mol. The summed E-state index contributed by atoms with van der Waals surface area (Å²) in [4.78, 5) is 0. The van der Waals surface area contributed by atoms with Crippen molar-refractivity contribution in [3.8, 4) is 22.3 Å². The van der Waals surface area contributed by atoms with Crippen LogP contribution in [0.1, 0.15) is 178 Å². The molecule has 0 saturated carbocycles. The zero-order chi connectivity index (χ0) is 42.1. The third-order valence-electron chi connectivity index (χ3n) is 13.8. The van der Waals surface area contributed by atoms with E-state index in [1.54, 1.807) is 22.3 Å². The Morgan fingerprint density at radius 2 is 0.678 bits per heavy atom. The molecule has 2 aliphatic carbocycles. The fraction of sp³-hybridized carbons (Fsp3) is 0.500. The average molecular weight is 866 g/mol. The first-order valence-electron chi connectivity index (χ1n) is 22.0. The number of fused-ring (bicyclic) bond motifs is 2. The molecule has 4 aromatic carbocycles. The van der Waals surface area contributed by atoms with Crippen LogP contribution in [-0.2, 0) is 38.2 Å². The third-order valence-corrected chi connectivity index (χ3v) is 21.9. The molecular formula is C56H74Cl2Ti. The SMILES string of the molecule is CC(C)(C)C1=Cc2c(-c3cc(C(C)(C)C)cc(C(C)(C)C)c3)cccc2[CH]1[Ti+2]1([CH]2C(C(C)(C)C)=Cc3c(-c4cc(C(C)(C)C)cc(C(C)(C)C)c4)cccc32)[CH2][CH2]1.[Cl-].[Cl-]. The molecule has 2 atom stereocenters. The van der Waals surface area contributed by atoms with Crippen molar-refractivity contribution in [2.24, 2.45) is 10.8 Å². The summed E-state index contributed by atoms with van der Waals surface area (Å²) in [6.45, 7) is 43.3. The molecule has 1 fully saturated rings. The Balaban J connectivity index is 0.00000331. The van der Waals surface area contributed by atoms with Gasteiger partial charge in [0.15, 0.2) is 0 Å². The summed E-state index contributed by atoms with van der Waals surface area (Å²) in [5, 5.41) is 0. The van der Waals surface area contributed by atoms with Gasteiger partial charge in [0.25, 0.3) is 0 Å². The van der Waals surface area contributed by atoms with Crippen LogP contribution in [0.4, 0.5) is 0 Å². The molecule has 1 heterocycles. The maximum absolute atomic E-state index is 2.72. The quantitative estimate of drug-likeness (QED) is 0.179. The Bertz CT molecular complexity index is 2080. The number of rotatable bonds is 4. The molecule has 0 spiro atoms. The molecular weight excluding hydrogens is 791 g/mol. The van der Waals surface area contributed by atoms with Gasteiger partial charge in [-0.15, -0.1) is 0 Å². The van der Waals surface area contributed by atoms with Crippen LogP contribution >= 0.6 is 0 Å². The second kappa shape index (κ2) is 15.5. The van der Waals surface area contributed by atoms with Crippen LogP contribution in [0.3, 0.4) is 0 Å². The number of hydrogen-bond acceptors (Lipinski definition) is 0. The summed E-state index contributed by atoms with van der Waals surface area (Å²) >= 11 is -2.72. The van der Waals surface area contributed by atoms with E-state index in [4.69, 9.17) is 0 Å². The predicted molar refractivity (Wildman–Crippen MR) is 249 cm³/mol. The van der Waals surface area contributed by atoms with Crippen molar-refractivity contribution in [1.29, 1.82) is 0 Å². The van der Waals surface area contributed by atoms with Crippen molar-refractivity contribution >= 4 is 12.2 Å². The molecule has 1 saturated heterocycles. The van der Waals surface area contributed by atoms with Crippen molar-refractivity contribution in [1.82, 2.24) is 0 Å². The van der Waals surface area contributed by atoms with E-state index in [1.165, 1.54) is 65.1 Å². The summed E-state index contributed by atoms with van der Waals surface area (Å²) in [7, 11) is 0. The predicted octanol–water partition coefficient (Wildman–Crippen LogP) is 10.9. The fourth-order valence-electron chi connectivity index (χ4n) is 10.0. The van der Waals surface area contributed by atoms with Gasteiger partial charge in [-0.2, -0.15) is 0 Å². The van der Waals surface area contributed by atoms with Gasteiger partial charge in [-0.05, 0) is 0 Å². The Morgan fingerprint density at radius 1 is 0.390 bits per heavy atom. The summed E-state index contributed by atoms with van der Waals surface area (Å²) in [5.74, 6) is 0. The van der Waals surface area contributed by atoms with E-state index in [1.807, 2.05) is 0 Å². The smallest absolute Gasteiger partial charge is 1.00 e. The second-order valence-electron chi connectivity index (χ2n) is 24.5. The molecule has 3 aliphatic rings. The third kappa shape index (κ3) is 8.84. The second-order valence-corrected chi connectivity index (χ2v) is 31.7. The molecule has 0 bridgehead atoms. The molecule has 1 aliphatic heterocycles. The molecule has 0 N–H and O–H groups in total. The first kappa shape index (κ1) is 47.7. The normalized spacial score (nSPS) is 18.4. The molecule has 2 unspecified atom stereocenters. The first-order chi connectivity index (χ1) is 26.0. The average Bonchev–Trinajstić information content (AvgIpc) is 3.57. The maximum atomic E-state index is 2.69. The molecule has 0 aromatic heterocycles. The minimum Gasteiger partial charge on any atom is -1.00 e. The van der Waals surface area contributed by atoms with Gasteiger partial charge < -0.3 is 24.8 Å². The molecule has 0 amide bonds. The minimum atomic E-state index is -2.72. The molecule has 7 rings (SSSR count). The Morgan fingerprint density at radius 3 is 0.915 bits per heavy atom. The Kier molecular flexibility index (Phi) is 12.5. The number of benzene rings is 4. The van der Waals surface area contributed by atoms with Gasteiger partial charge in [-0.1, -0.05) is 0 Å². The van der Waals surface area contributed by atoms with Crippen LogP contribution in [0, 0.1) is 10.8 Å². The van der Waals surface area contributed by atoms with Crippen LogP contribution in [0.15, 0.2) is 83.9 Å². The molecule has 3 heteroatoms. The summed E-state index contributed by atoms with van der Waals surface area (Å²) in [6, 6.07) is 29.7. The van der Waals surface area contributed by atoms with Gasteiger partial charge in [0.1, 0.15) is 0 Å². The van der Waals surface area contributed by atoms with Gasteiger partial charge in [0, 0.05) is 0 Å². The number of hydrogen-bond donors (Lipinski definition) is 0. The van der Waals surface area contributed by atoms with Gasteiger partial charge in [0.2, 0.25) is 0 Å². The summed E-state index contributed by atoms with van der Waals surface area (Å²) < 4.78 is 3.97. The topological polar surface area (TPSA) is 0 Å². The van der Waals surface area contributed by atoms with E-state index in [0.29, 0.717) is 8.45 Å². The zero-order valence-corrected chi connectivity index (χ0v) is 43.0. The number of halogens is 2. The van der Waals surface area contributed by atoms with Crippen molar-refractivity contribution in [2.75, 3.05) is 0 Å². The number of allylic oxidation sites excluding steroid dienone is 2. The fourth-order valence-corrected chi connectivity index (χ4v) is 20.9. The molecule has 0 radical (unpaired) electrons. The van der Waals surface area contributed by atoms with Crippen LogP contribution in [0.5, 0.6) is 0 Å². The van der Waals surface area contributed by atoms with E-state index < -0.39 is 16.6 Å². The minimum absolute atomic E-state index is 0. The van der Waals surface area contributed by atoms with Crippen LogP contribution < -0.4 is 24.8 Å². The van der Waals surface area contributed by atoms with E-state index in [0.717, 1.165) is 0 Å². The van der Waals surface area contributed by atoms with Crippen molar-refractivity contribution < 1.29 is 41.4 Å². The summed E-state index contributed by atoms with van der Waals surface area (Å²) in [6.07, 6.45) is 5.39. The Labute approximate surface area is 376 Å². The van der Waals surface area contributed by atoms with E-state index >= 15 is 0 Å². The van der Waals surface area contributed by atoms with Crippen LogP contribution in [-0.4, -0.2) is 0 Å². The Hall–Kier alpha value is -2.35. The van der Waals surface area contributed by atoms with Crippen LogP contribution in [0.2, 0.25) is 9.45 Å². The van der Waals surface area contributed by atoms with Crippen molar-refractivity contribution in [2.45, 2.75) is 164 Å². The van der Waals surface area contributed by atoms with Gasteiger partial charge >= 0.3 is 354 Å². The van der Waals surface area contributed by atoms with E-state index in [2.05, 4.69) is 210 Å². The van der Waals surface area contributed by atoms with Crippen molar-refractivity contribution in [3.63, 3.8) is 0 Å². The molecule has 316 valence electrons. The van der Waals surface area contributed by atoms with E-state index in [-0.39, 0.29) is 57.3 Å². The van der Waals surface area contributed by atoms with Gasteiger partial charge in [-0.3, -0.25) is 0 Å². The zero-order valence-electron chi connectivity index (χ0n) is 39.9.